The lowest BCUT2D eigenvalue weighted by Gasteiger charge is -2.24. The minimum absolute atomic E-state index is 0.136. The molecule has 5 aromatic rings. The molecule has 1 N–H and O–H groups in total. The van der Waals surface area contributed by atoms with Crippen molar-refractivity contribution in [2.45, 2.75) is 29.7 Å². The number of thioether (sulfide) groups is 1. The molecular weight excluding hydrogens is 682 g/mol. The number of carbonyl (C=O) groups excluding carboxylic acids is 2. The Morgan fingerprint density at radius 3 is 2.48 bits per heavy atom. The fourth-order valence-electron chi connectivity index (χ4n) is 5.59. The average Bonchev–Trinajstić information content (AvgIpc) is 3.72. The Morgan fingerprint density at radius 1 is 0.920 bits per heavy atom. The summed E-state index contributed by atoms with van der Waals surface area (Å²) in [7, 11) is 0. The molecule has 0 unspecified atom stereocenters. The van der Waals surface area contributed by atoms with Crippen LogP contribution in [0.2, 0.25) is 0 Å². The van der Waals surface area contributed by atoms with Crippen molar-refractivity contribution in [3.05, 3.63) is 125 Å². The van der Waals surface area contributed by atoms with Gasteiger partial charge in [-0.1, -0.05) is 71.6 Å². The van der Waals surface area contributed by atoms with Gasteiger partial charge >= 0.3 is 5.91 Å². The number of aliphatic hydroxyl groups excluding tert-OH is 1. The van der Waals surface area contributed by atoms with Crippen molar-refractivity contribution in [3.63, 3.8) is 0 Å². The van der Waals surface area contributed by atoms with Gasteiger partial charge < -0.3 is 24.1 Å². The summed E-state index contributed by atoms with van der Waals surface area (Å²) >= 11 is 2.50. The Bertz CT molecular complexity index is 2070. The van der Waals surface area contributed by atoms with Gasteiger partial charge in [0.05, 0.1) is 18.2 Å². The monoisotopic (exact) mass is 711 g/mol. The number of ketones is 1. The Balaban J connectivity index is 1.28. The topological polar surface area (TPSA) is 120 Å². The highest BCUT2D eigenvalue weighted by atomic mass is 32.2. The molecular formula is C37H30FN3O7S2. The van der Waals surface area contributed by atoms with Gasteiger partial charge in [0.25, 0.3) is 5.78 Å². The van der Waals surface area contributed by atoms with Gasteiger partial charge in [-0.25, -0.2) is 4.39 Å². The maximum absolute atomic E-state index is 13.9. The first kappa shape index (κ1) is 33.1. The van der Waals surface area contributed by atoms with Gasteiger partial charge in [0.2, 0.25) is 5.13 Å². The lowest BCUT2D eigenvalue weighted by Crippen LogP contribution is -2.29. The number of aromatic nitrogens is 2. The van der Waals surface area contributed by atoms with Gasteiger partial charge in [0.15, 0.2) is 27.3 Å². The van der Waals surface area contributed by atoms with E-state index in [1.807, 2.05) is 37.3 Å². The molecule has 2 aliphatic rings. The number of hydrogen-bond donors (Lipinski definition) is 1. The number of benzene rings is 4. The third-order valence-corrected chi connectivity index (χ3v) is 10.1. The summed E-state index contributed by atoms with van der Waals surface area (Å²) in [5.74, 6) is -0.185. The van der Waals surface area contributed by atoms with Crippen molar-refractivity contribution >= 4 is 45.7 Å². The van der Waals surface area contributed by atoms with E-state index >= 15 is 0 Å². The average molecular weight is 712 g/mol. The molecule has 1 atom stereocenters. The quantitative estimate of drug-likeness (QED) is 0.0490. The van der Waals surface area contributed by atoms with Crippen molar-refractivity contribution in [3.8, 4) is 23.0 Å². The molecule has 1 aromatic heterocycles. The standard InChI is InChI=1S/C37H30FN3O7S2/c1-2-45-29-18-24(10-14-28(29)48-20-22-6-4-3-5-7-22)32-31(33(42)25-11-15-27-30(19-25)47-17-16-46-27)34(43)35(44)41(32)36-39-40-37(50-36)49-21-23-8-12-26(38)13-9-23/h3-15,18-19,32,42H,2,16-17,20-21H2,1H3/t32-/m1/s1. The first-order valence-electron chi connectivity index (χ1n) is 15.7. The number of nitrogens with zero attached hydrogens (tertiary/aromatic N) is 3. The molecule has 50 heavy (non-hydrogen) atoms. The summed E-state index contributed by atoms with van der Waals surface area (Å²) in [6.07, 6.45) is 0. The number of ether oxygens (including phenoxy) is 4. The van der Waals surface area contributed by atoms with Crippen LogP contribution in [-0.2, 0) is 21.9 Å². The summed E-state index contributed by atoms with van der Waals surface area (Å²) in [6.45, 7) is 3.19. The van der Waals surface area contributed by atoms with Crippen molar-refractivity contribution < 1.29 is 38.0 Å². The molecule has 1 amide bonds. The zero-order chi connectivity index (χ0) is 34.6. The molecule has 3 heterocycles. The number of carbonyl (C=O) groups is 2. The number of halogens is 1. The second kappa shape index (κ2) is 14.6. The summed E-state index contributed by atoms with van der Waals surface area (Å²) in [6, 6.07) is 24.7. The number of hydrogen-bond acceptors (Lipinski definition) is 11. The molecule has 2 aliphatic heterocycles. The van der Waals surface area contributed by atoms with Crippen molar-refractivity contribution in [1.82, 2.24) is 10.2 Å². The van der Waals surface area contributed by atoms with Crippen molar-refractivity contribution in [2.75, 3.05) is 24.7 Å². The number of anilines is 1. The van der Waals surface area contributed by atoms with E-state index in [2.05, 4.69) is 10.2 Å². The van der Waals surface area contributed by atoms with E-state index in [4.69, 9.17) is 18.9 Å². The number of amides is 1. The van der Waals surface area contributed by atoms with Gasteiger partial charge in [-0.2, -0.15) is 0 Å². The van der Waals surface area contributed by atoms with Crippen LogP contribution in [0.15, 0.2) is 101 Å². The molecule has 10 nitrogen and oxygen atoms in total. The number of aliphatic hydroxyl groups is 1. The third kappa shape index (κ3) is 6.87. The Morgan fingerprint density at radius 2 is 1.70 bits per heavy atom. The minimum atomic E-state index is -1.09. The Labute approximate surface area is 295 Å². The van der Waals surface area contributed by atoms with Crippen LogP contribution in [0.4, 0.5) is 9.52 Å². The Hall–Kier alpha value is -5.40. The number of fused-ring (bicyclic) bond motifs is 1. The zero-order valence-electron chi connectivity index (χ0n) is 26.7. The first-order valence-corrected chi connectivity index (χ1v) is 17.5. The van der Waals surface area contributed by atoms with Gasteiger partial charge in [0, 0.05) is 11.3 Å². The van der Waals surface area contributed by atoms with Gasteiger partial charge in [-0.15, -0.1) is 10.2 Å². The van der Waals surface area contributed by atoms with Gasteiger partial charge in [0.1, 0.15) is 31.4 Å². The molecule has 0 spiro atoms. The van der Waals surface area contributed by atoms with Crippen LogP contribution in [0.5, 0.6) is 23.0 Å². The number of Topliss-reactive ketones (excluding diaryl/α,β-unsaturated/α-hetero) is 1. The van der Waals surface area contributed by atoms with Crippen LogP contribution >= 0.6 is 23.1 Å². The van der Waals surface area contributed by atoms with Crippen LogP contribution in [-0.4, -0.2) is 46.8 Å². The highest BCUT2D eigenvalue weighted by Crippen LogP contribution is 2.46. The van der Waals surface area contributed by atoms with Crippen LogP contribution in [0.3, 0.4) is 0 Å². The first-order chi connectivity index (χ1) is 24.4. The van der Waals surface area contributed by atoms with E-state index in [0.717, 1.165) is 22.5 Å². The van der Waals surface area contributed by atoms with Crippen LogP contribution in [0, 0.1) is 5.82 Å². The van der Waals surface area contributed by atoms with E-state index < -0.39 is 17.7 Å². The second-order valence-electron chi connectivity index (χ2n) is 11.2. The van der Waals surface area contributed by atoms with Crippen LogP contribution < -0.4 is 23.8 Å². The van der Waals surface area contributed by atoms with Crippen molar-refractivity contribution in [1.29, 1.82) is 0 Å². The maximum Gasteiger partial charge on any atom is 0.301 e. The van der Waals surface area contributed by atoms with E-state index in [9.17, 15) is 19.1 Å². The molecule has 7 rings (SSSR count). The predicted molar refractivity (Wildman–Crippen MR) is 186 cm³/mol. The lowest BCUT2D eigenvalue weighted by molar-refractivity contribution is -0.132. The van der Waals surface area contributed by atoms with Gasteiger partial charge in [-0.05, 0) is 66.1 Å². The third-order valence-electron chi connectivity index (χ3n) is 7.96. The summed E-state index contributed by atoms with van der Waals surface area (Å²) < 4.78 is 37.4. The fraction of sp³-hybridized carbons (Fsp3) is 0.189. The Kier molecular flexibility index (Phi) is 9.67. The molecule has 254 valence electrons. The molecule has 0 bridgehead atoms. The van der Waals surface area contributed by atoms with E-state index in [1.54, 1.807) is 48.5 Å². The van der Waals surface area contributed by atoms with E-state index in [1.165, 1.54) is 28.8 Å². The zero-order valence-corrected chi connectivity index (χ0v) is 28.3. The highest BCUT2D eigenvalue weighted by Gasteiger charge is 2.48. The van der Waals surface area contributed by atoms with Crippen molar-refractivity contribution in [2.24, 2.45) is 0 Å². The molecule has 4 aromatic carbocycles. The molecule has 0 aliphatic carbocycles. The second-order valence-corrected chi connectivity index (χ2v) is 13.4. The molecule has 0 saturated carbocycles. The molecule has 13 heteroatoms. The summed E-state index contributed by atoms with van der Waals surface area (Å²) in [5.41, 5.74) is 2.47. The smallest absolute Gasteiger partial charge is 0.301 e. The normalized spacial score (nSPS) is 16.4. The minimum Gasteiger partial charge on any atom is -0.507 e. The SMILES string of the molecule is CCOc1cc([C@@H]2C(=C(O)c3ccc4c(c3)OCCO4)C(=O)C(=O)N2c2nnc(SCc3ccc(F)cc3)s2)ccc1OCc1ccccc1. The summed E-state index contributed by atoms with van der Waals surface area (Å²) in [4.78, 5) is 29.0. The van der Waals surface area contributed by atoms with E-state index in [0.29, 0.717) is 65.1 Å². The maximum atomic E-state index is 13.9. The largest absolute Gasteiger partial charge is 0.507 e. The molecule has 0 radical (unpaired) electrons. The fourth-order valence-corrected chi connectivity index (χ4v) is 7.42. The summed E-state index contributed by atoms with van der Waals surface area (Å²) in [5, 5.41) is 20.5. The van der Waals surface area contributed by atoms with E-state index in [-0.39, 0.29) is 27.8 Å². The van der Waals surface area contributed by atoms with Gasteiger partial charge in [-0.3, -0.25) is 14.5 Å². The molecule has 1 saturated heterocycles. The predicted octanol–water partition coefficient (Wildman–Crippen LogP) is 7.34. The van der Waals surface area contributed by atoms with Crippen LogP contribution in [0.25, 0.3) is 5.76 Å². The number of rotatable bonds is 11. The highest BCUT2D eigenvalue weighted by molar-refractivity contribution is 8.00. The molecule has 1 fully saturated rings. The lowest BCUT2D eigenvalue weighted by atomic mass is 9.95. The van der Waals surface area contributed by atoms with Crippen LogP contribution in [0.1, 0.15) is 35.2 Å².